The summed E-state index contributed by atoms with van der Waals surface area (Å²) in [6.07, 6.45) is 2.34. The summed E-state index contributed by atoms with van der Waals surface area (Å²) < 4.78 is 2.36. The van der Waals surface area contributed by atoms with Crippen molar-refractivity contribution in [1.82, 2.24) is 0 Å². The van der Waals surface area contributed by atoms with Crippen molar-refractivity contribution in [2.45, 2.75) is 0 Å². The Morgan fingerprint density at radius 3 is 1.79 bits per heavy atom. The van der Waals surface area contributed by atoms with E-state index in [1.54, 1.807) is 0 Å². The molecule has 0 fully saturated rings. The number of hydrogen-bond donors (Lipinski definition) is 0. The summed E-state index contributed by atoms with van der Waals surface area (Å²) in [7, 11) is 2.19. The van der Waals surface area contributed by atoms with Crippen LogP contribution in [0.2, 0.25) is 0 Å². The molecule has 6 rings (SSSR count). The third kappa shape index (κ3) is 3.30. The van der Waals surface area contributed by atoms with Gasteiger partial charge in [0.2, 0.25) is 11.2 Å². The van der Waals surface area contributed by atoms with Crippen molar-refractivity contribution >= 4 is 33.7 Å². The van der Waals surface area contributed by atoms with Gasteiger partial charge in [0.1, 0.15) is 7.05 Å². The summed E-state index contributed by atoms with van der Waals surface area (Å²) >= 11 is 0. The molecule has 1 heterocycles. The zero-order valence-corrected chi connectivity index (χ0v) is 18.6. The van der Waals surface area contributed by atoms with Gasteiger partial charge in [-0.3, -0.25) is 0 Å². The molecule has 0 saturated carbocycles. The van der Waals surface area contributed by atoms with Crippen molar-refractivity contribution in [3.63, 3.8) is 0 Å². The summed E-state index contributed by atoms with van der Waals surface area (Å²) in [4.78, 5) is 0. The first kappa shape index (κ1) is 19.5. The van der Waals surface area contributed by atoms with Crippen LogP contribution in [0.15, 0.2) is 121 Å². The minimum Gasteiger partial charge on any atom is -0.194 e. The molecule has 5 aromatic rings. The zero-order chi connectivity index (χ0) is 22.2. The molecule has 1 aromatic heterocycles. The smallest absolute Gasteiger partial charge is 0.194 e. The Balaban J connectivity index is 1.77. The fourth-order valence-electron chi connectivity index (χ4n) is 5.01. The molecule has 1 nitrogen and oxygen atoms in total. The number of fused-ring (bicyclic) bond motifs is 2. The van der Waals surface area contributed by atoms with Crippen molar-refractivity contribution in [2.75, 3.05) is 0 Å². The molecule has 156 valence electrons. The van der Waals surface area contributed by atoms with Crippen LogP contribution in [-0.2, 0) is 7.05 Å². The lowest BCUT2D eigenvalue weighted by Crippen LogP contribution is -2.34. The Hall–Kier alpha value is -4.23. The molecule has 4 aromatic carbocycles. The van der Waals surface area contributed by atoms with Crippen LogP contribution < -0.4 is 4.57 Å². The van der Waals surface area contributed by atoms with Crippen molar-refractivity contribution in [3.8, 4) is 0 Å². The highest BCUT2D eigenvalue weighted by atomic mass is 14.9. The number of nitrogens with zero attached hydrogens (tertiary/aromatic N) is 1. The van der Waals surface area contributed by atoms with Crippen LogP contribution in [0.5, 0.6) is 0 Å². The van der Waals surface area contributed by atoms with E-state index in [1.807, 2.05) is 0 Å². The summed E-state index contributed by atoms with van der Waals surface area (Å²) in [6, 6.07) is 43.2. The van der Waals surface area contributed by atoms with Crippen molar-refractivity contribution in [1.29, 1.82) is 0 Å². The fraction of sp³-hybridized carbons (Fsp3) is 0.0312. The third-order valence-corrected chi connectivity index (χ3v) is 6.47. The number of aryl methyl sites for hydroxylation is 1. The molecule has 0 bridgehead atoms. The molecular weight excluding hydrogens is 398 g/mol. The largest absolute Gasteiger partial charge is 0.221 e. The zero-order valence-electron chi connectivity index (χ0n) is 18.6. The van der Waals surface area contributed by atoms with Crippen LogP contribution in [0.1, 0.15) is 27.9 Å². The molecule has 0 saturated heterocycles. The second-order valence-corrected chi connectivity index (χ2v) is 8.48. The van der Waals surface area contributed by atoms with Gasteiger partial charge < -0.3 is 0 Å². The minimum atomic E-state index is 1.20. The lowest BCUT2D eigenvalue weighted by molar-refractivity contribution is -0.647. The van der Waals surface area contributed by atoms with Gasteiger partial charge in [0.05, 0.1) is 11.1 Å². The van der Waals surface area contributed by atoms with Gasteiger partial charge in [-0.05, 0) is 34.9 Å². The maximum Gasteiger partial charge on any atom is 0.221 e. The molecule has 1 aliphatic rings. The molecular formula is C32H24N+. The van der Waals surface area contributed by atoms with Crippen LogP contribution in [0.4, 0.5) is 0 Å². The molecule has 0 amide bonds. The molecule has 0 unspecified atom stereocenters. The molecule has 1 heteroatoms. The number of pyridine rings is 1. The number of aromatic nitrogens is 1. The van der Waals surface area contributed by atoms with E-state index in [-0.39, 0.29) is 0 Å². The number of para-hydroxylation sites is 1. The molecule has 0 atom stereocenters. The maximum absolute atomic E-state index is 2.36. The summed E-state index contributed by atoms with van der Waals surface area (Å²) in [5.41, 5.74) is 11.3. The Morgan fingerprint density at radius 2 is 1.12 bits per heavy atom. The quantitative estimate of drug-likeness (QED) is 0.271. The predicted octanol–water partition coefficient (Wildman–Crippen LogP) is 7.18. The van der Waals surface area contributed by atoms with Gasteiger partial charge in [-0.15, -0.1) is 0 Å². The average molecular weight is 423 g/mol. The SMILES string of the molecule is C[n+]1c2c(cc3ccccc31)C(c1ccccc1)=C(c1ccccc1)C2=Cc1ccccc1. The summed E-state index contributed by atoms with van der Waals surface area (Å²) in [5, 5.41) is 1.25. The maximum atomic E-state index is 2.36. The first-order valence-electron chi connectivity index (χ1n) is 11.4. The monoisotopic (exact) mass is 422 g/mol. The molecule has 0 spiro atoms. The van der Waals surface area contributed by atoms with Gasteiger partial charge in [0, 0.05) is 22.6 Å². The van der Waals surface area contributed by atoms with E-state index in [0.717, 1.165) is 0 Å². The lowest BCUT2D eigenvalue weighted by atomic mass is 9.92. The highest BCUT2D eigenvalue weighted by molar-refractivity contribution is 6.26. The predicted molar refractivity (Wildman–Crippen MR) is 138 cm³/mol. The fourth-order valence-corrected chi connectivity index (χ4v) is 5.01. The Kier molecular flexibility index (Phi) is 4.74. The average Bonchev–Trinajstić information content (AvgIpc) is 3.20. The Morgan fingerprint density at radius 1 is 0.576 bits per heavy atom. The van der Waals surface area contributed by atoms with E-state index in [0.29, 0.717) is 0 Å². The highest BCUT2D eigenvalue weighted by Gasteiger charge is 2.36. The first-order valence-corrected chi connectivity index (χ1v) is 11.4. The van der Waals surface area contributed by atoms with Crippen LogP contribution in [0.25, 0.3) is 33.7 Å². The second-order valence-electron chi connectivity index (χ2n) is 8.48. The molecule has 0 N–H and O–H groups in total. The standard InChI is InChI=1S/C32H24N/c1-33-29-20-12-11-19-26(29)22-28-31(25-17-9-4-10-18-25)30(24-15-7-3-8-16-24)27(32(28)33)21-23-13-5-2-6-14-23/h2-22H,1H3/q+1. The summed E-state index contributed by atoms with van der Waals surface area (Å²) in [5.74, 6) is 0. The second kappa shape index (κ2) is 8.03. The van der Waals surface area contributed by atoms with E-state index in [4.69, 9.17) is 0 Å². The molecule has 33 heavy (non-hydrogen) atoms. The molecule has 1 aliphatic carbocycles. The molecule has 0 radical (unpaired) electrons. The third-order valence-electron chi connectivity index (χ3n) is 6.47. The van der Waals surface area contributed by atoms with E-state index in [1.165, 1.54) is 55.6 Å². The van der Waals surface area contributed by atoms with Crippen LogP contribution in [0, 0.1) is 0 Å². The number of rotatable bonds is 3. The van der Waals surface area contributed by atoms with E-state index < -0.39 is 0 Å². The van der Waals surface area contributed by atoms with Gasteiger partial charge >= 0.3 is 0 Å². The normalized spacial score (nSPS) is 14.2. The Labute approximate surface area is 194 Å². The van der Waals surface area contributed by atoms with Gasteiger partial charge in [-0.1, -0.05) is 103 Å². The number of hydrogen-bond acceptors (Lipinski definition) is 0. The lowest BCUT2D eigenvalue weighted by Gasteiger charge is -2.10. The number of benzene rings is 4. The topological polar surface area (TPSA) is 3.88 Å². The van der Waals surface area contributed by atoms with Gasteiger partial charge in [-0.2, -0.15) is 4.57 Å². The Bertz CT molecular complexity index is 1530. The van der Waals surface area contributed by atoms with Crippen molar-refractivity contribution < 1.29 is 4.57 Å². The van der Waals surface area contributed by atoms with Crippen LogP contribution in [0.3, 0.4) is 0 Å². The highest BCUT2D eigenvalue weighted by Crippen LogP contribution is 2.49. The van der Waals surface area contributed by atoms with Crippen molar-refractivity contribution in [2.24, 2.45) is 7.05 Å². The van der Waals surface area contributed by atoms with E-state index in [2.05, 4.69) is 139 Å². The minimum absolute atomic E-state index is 1.20. The number of allylic oxidation sites excluding steroid dienone is 2. The van der Waals surface area contributed by atoms with Crippen LogP contribution in [-0.4, -0.2) is 0 Å². The van der Waals surface area contributed by atoms with Gasteiger partial charge in [0.25, 0.3) is 0 Å². The van der Waals surface area contributed by atoms with Gasteiger partial charge in [0.15, 0.2) is 0 Å². The summed E-state index contributed by atoms with van der Waals surface area (Å²) in [6.45, 7) is 0. The van der Waals surface area contributed by atoms with E-state index >= 15 is 0 Å². The van der Waals surface area contributed by atoms with Crippen molar-refractivity contribution in [3.05, 3.63) is 149 Å². The van der Waals surface area contributed by atoms with E-state index in [9.17, 15) is 0 Å². The molecule has 0 aliphatic heterocycles. The van der Waals surface area contributed by atoms with Crippen LogP contribution >= 0.6 is 0 Å². The first-order chi connectivity index (χ1) is 16.3. The van der Waals surface area contributed by atoms with Gasteiger partial charge in [-0.25, -0.2) is 0 Å².